The molecule has 1 N–H and O–H groups in total. The van der Waals surface area contributed by atoms with Crippen LogP contribution in [-0.4, -0.2) is 10.1 Å². The zero-order chi connectivity index (χ0) is 15.5. The second kappa shape index (κ2) is 6.49. The number of nitrogens with zero attached hydrogens (tertiary/aromatic N) is 1. The van der Waals surface area contributed by atoms with E-state index in [0.717, 1.165) is 27.8 Å². The summed E-state index contributed by atoms with van der Waals surface area (Å²) in [4.78, 5) is 4.14. The van der Waals surface area contributed by atoms with Crippen molar-refractivity contribution in [2.45, 2.75) is 6.61 Å². The molecule has 0 bridgehead atoms. The summed E-state index contributed by atoms with van der Waals surface area (Å²) >= 11 is 12.3. The first-order chi connectivity index (χ1) is 10.7. The second-order valence-corrected chi connectivity index (χ2v) is 5.70. The lowest BCUT2D eigenvalue weighted by Crippen LogP contribution is -1.95. The van der Waals surface area contributed by atoms with Gasteiger partial charge < -0.3 is 5.11 Å². The van der Waals surface area contributed by atoms with Crippen LogP contribution in [0.15, 0.2) is 60.9 Å². The summed E-state index contributed by atoms with van der Waals surface area (Å²) in [5.41, 5.74) is 4.46. The van der Waals surface area contributed by atoms with Gasteiger partial charge in [-0.05, 0) is 34.9 Å². The third-order valence-electron chi connectivity index (χ3n) is 3.53. The van der Waals surface area contributed by atoms with E-state index < -0.39 is 0 Å². The van der Waals surface area contributed by atoms with Crippen molar-refractivity contribution in [3.8, 4) is 22.3 Å². The van der Waals surface area contributed by atoms with Crippen molar-refractivity contribution < 1.29 is 5.11 Å². The lowest BCUT2D eigenvalue weighted by Gasteiger charge is -2.14. The Morgan fingerprint density at radius 2 is 1.73 bits per heavy atom. The molecule has 0 spiro atoms. The number of halogens is 2. The topological polar surface area (TPSA) is 33.1 Å². The van der Waals surface area contributed by atoms with Crippen LogP contribution in [0.25, 0.3) is 22.3 Å². The molecule has 0 fully saturated rings. The number of hydrogen-bond donors (Lipinski definition) is 1. The van der Waals surface area contributed by atoms with Gasteiger partial charge in [0.15, 0.2) is 0 Å². The molecule has 3 aromatic rings. The van der Waals surface area contributed by atoms with Crippen molar-refractivity contribution in [1.82, 2.24) is 4.98 Å². The van der Waals surface area contributed by atoms with Crippen LogP contribution in [0.3, 0.4) is 0 Å². The molecule has 2 nitrogen and oxygen atoms in total. The average molecular weight is 330 g/mol. The Morgan fingerprint density at radius 1 is 0.909 bits per heavy atom. The Morgan fingerprint density at radius 3 is 2.41 bits per heavy atom. The predicted molar refractivity (Wildman–Crippen MR) is 91.1 cm³/mol. The highest BCUT2D eigenvalue weighted by Crippen LogP contribution is 2.36. The van der Waals surface area contributed by atoms with Gasteiger partial charge in [-0.25, -0.2) is 0 Å². The third-order valence-corrected chi connectivity index (χ3v) is 4.08. The Hall–Kier alpha value is -1.87. The zero-order valence-corrected chi connectivity index (χ0v) is 13.1. The Balaban J connectivity index is 2.21. The minimum Gasteiger partial charge on any atom is -0.392 e. The molecular formula is C18H13Cl2NO. The van der Waals surface area contributed by atoms with Gasteiger partial charge in [0.05, 0.1) is 6.61 Å². The smallest absolute Gasteiger partial charge is 0.0693 e. The molecule has 0 aliphatic carbocycles. The third kappa shape index (κ3) is 2.86. The number of aliphatic hydroxyl groups excluding tert-OH is 1. The molecule has 1 heterocycles. The van der Waals surface area contributed by atoms with Gasteiger partial charge in [-0.1, -0.05) is 53.5 Å². The summed E-state index contributed by atoms with van der Waals surface area (Å²) in [6.45, 7) is -0.0840. The maximum atomic E-state index is 9.88. The number of pyridine rings is 1. The van der Waals surface area contributed by atoms with Crippen LogP contribution in [-0.2, 0) is 6.61 Å². The van der Waals surface area contributed by atoms with E-state index in [1.165, 1.54) is 0 Å². The van der Waals surface area contributed by atoms with Crippen molar-refractivity contribution in [3.05, 3.63) is 76.5 Å². The SMILES string of the molecule is OCc1c(-c2cccnc2)cccc1-c1ccc(Cl)cc1Cl. The zero-order valence-electron chi connectivity index (χ0n) is 11.6. The van der Waals surface area contributed by atoms with Crippen LogP contribution >= 0.6 is 23.2 Å². The van der Waals surface area contributed by atoms with Crippen molar-refractivity contribution in [3.63, 3.8) is 0 Å². The van der Waals surface area contributed by atoms with Gasteiger partial charge in [0, 0.05) is 33.6 Å². The molecule has 4 heteroatoms. The molecule has 0 radical (unpaired) electrons. The van der Waals surface area contributed by atoms with Crippen molar-refractivity contribution in [2.24, 2.45) is 0 Å². The van der Waals surface area contributed by atoms with Crippen LogP contribution in [0.1, 0.15) is 5.56 Å². The van der Waals surface area contributed by atoms with Crippen LogP contribution in [0.5, 0.6) is 0 Å². The molecular weight excluding hydrogens is 317 g/mol. The predicted octanol–water partition coefficient (Wildman–Crippen LogP) is 5.21. The Labute approximate surface area is 139 Å². The summed E-state index contributed by atoms with van der Waals surface area (Å²) < 4.78 is 0. The largest absolute Gasteiger partial charge is 0.392 e. The van der Waals surface area contributed by atoms with Crippen molar-refractivity contribution in [2.75, 3.05) is 0 Å². The molecule has 0 atom stereocenters. The van der Waals surface area contributed by atoms with Gasteiger partial charge in [-0.2, -0.15) is 0 Å². The maximum Gasteiger partial charge on any atom is 0.0693 e. The van der Waals surface area contributed by atoms with E-state index in [1.54, 1.807) is 24.5 Å². The number of rotatable bonds is 3. The normalized spacial score (nSPS) is 10.7. The minimum atomic E-state index is -0.0840. The van der Waals surface area contributed by atoms with E-state index in [-0.39, 0.29) is 6.61 Å². The van der Waals surface area contributed by atoms with E-state index in [2.05, 4.69) is 4.98 Å². The number of hydrogen-bond acceptors (Lipinski definition) is 2. The van der Waals surface area contributed by atoms with Crippen LogP contribution < -0.4 is 0 Å². The monoisotopic (exact) mass is 329 g/mol. The summed E-state index contributed by atoms with van der Waals surface area (Å²) in [7, 11) is 0. The standard InChI is InChI=1S/C18H13Cl2NO/c19-13-6-7-16(18(20)9-13)15-5-1-4-14(17(15)11-22)12-3-2-8-21-10-12/h1-10,22H,11H2. The second-order valence-electron chi connectivity index (χ2n) is 4.86. The first-order valence-electron chi connectivity index (χ1n) is 6.79. The van der Waals surface area contributed by atoms with E-state index in [1.807, 2.05) is 36.4 Å². The minimum absolute atomic E-state index is 0.0840. The fraction of sp³-hybridized carbons (Fsp3) is 0.0556. The van der Waals surface area contributed by atoms with Gasteiger partial charge in [0.1, 0.15) is 0 Å². The molecule has 22 heavy (non-hydrogen) atoms. The fourth-order valence-electron chi connectivity index (χ4n) is 2.51. The lowest BCUT2D eigenvalue weighted by atomic mass is 9.93. The lowest BCUT2D eigenvalue weighted by molar-refractivity contribution is 0.283. The average Bonchev–Trinajstić information content (AvgIpc) is 2.55. The molecule has 3 rings (SSSR count). The summed E-state index contributed by atoms with van der Waals surface area (Å²) in [5.74, 6) is 0. The molecule has 0 amide bonds. The highest BCUT2D eigenvalue weighted by molar-refractivity contribution is 6.36. The van der Waals surface area contributed by atoms with Crippen LogP contribution in [0.2, 0.25) is 10.0 Å². The molecule has 0 unspecified atom stereocenters. The first kappa shape index (κ1) is 15.0. The summed E-state index contributed by atoms with van der Waals surface area (Å²) in [6.07, 6.45) is 3.50. The highest BCUT2D eigenvalue weighted by atomic mass is 35.5. The molecule has 0 saturated heterocycles. The van der Waals surface area contributed by atoms with Gasteiger partial charge in [0.2, 0.25) is 0 Å². The van der Waals surface area contributed by atoms with Gasteiger partial charge in [0.25, 0.3) is 0 Å². The Kier molecular flexibility index (Phi) is 4.44. The molecule has 2 aromatic carbocycles. The van der Waals surface area contributed by atoms with Crippen LogP contribution in [0, 0.1) is 0 Å². The maximum absolute atomic E-state index is 9.88. The summed E-state index contributed by atoms with van der Waals surface area (Å²) in [5, 5.41) is 11.0. The highest BCUT2D eigenvalue weighted by Gasteiger charge is 2.13. The van der Waals surface area contributed by atoms with E-state index >= 15 is 0 Å². The molecule has 0 aliphatic rings. The quantitative estimate of drug-likeness (QED) is 0.715. The van der Waals surface area contributed by atoms with Crippen molar-refractivity contribution in [1.29, 1.82) is 0 Å². The van der Waals surface area contributed by atoms with E-state index in [9.17, 15) is 5.11 Å². The number of benzene rings is 2. The van der Waals surface area contributed by atoms with Gasteiger partial charge in [-0.15, -0.1) is 0 Å². The number of aromatic nitrogens is 1. The first-order valence-corrected chi connectivity index (χ1v) is 7.55. The molecule has 1 aromatic heterocycles. The van der Waals surface area contributed by atoms with Crippen molar-refractivity contribution >= 4 is 23.2 Å². The van der Waals surface area contributed by atoms with Gasteiger partial charge >= 0.3 is 0 Å². The Bertz CT molecular complexity index is 803. The van der Waals surface area contributed by atoms with E-state index in [0.29, 0.717) is 10.0 Å². The molecule has 0 saturated carbocycles. The summed E-state index contributed by atoms with van der Waals surface area (Å²) in [6, 6.07) is 15.1. The molecule has 110 valence electrons. The number of aliphatic hydroxyl groups is 1. The fourth-order valence-corrected chi connectivity index (χ4v) is 3.02. The molecule has 0 aliphatic heterocycles. The van der Waals surface area contributed by atoms with Gasteiger partial charge in [-0.3, -0.25) is 4.98 Å². The van der Waals surface area contributed by atoms with E-state index in [4.69, 9.17) is 23.2 Å². The van der Waals surface area contributed by atoms with Crippen LogP contribution in [0.4, 0.5) is 0 Å².